The van der Waals surface area contributed by atoms with E-state index < -0.39 is 6.10 Å². The van der Waals surface area contributed by atoms with Crippen LogP contribution in [0.4, 0.5) is 0 Å². The zero-order chi connectivity index (χ0) is 46.5. The number of hydrogen-bond acceptors (Lipinski definition) is 6. The van der Waals surface area contributed by atoms with Crippen LogP contribution in [0.2, 0.25) is 0 Å². The van der Waals surface area contributed by atoms with Crippen molar-refractivity contribution >= 4 is 17.9 Å². The molecule has 0 rings (SSSR count). The third kappa shape index (κ3) is 49.3. The van der Waals surface area contributed by atoms with E-state index >= 15 is 0 Å². The number of esters is 3. The second-order valence-corrected chi connectivity index (χ2v) is 17.1. The van der Waals surface area contributed by atoms with Crippen molar-refractivity contribution in [2.24, 2.45) is 0 Å². The molecule has 1 unspecified atom stereocenters. The summed E-state index contributed by atoms with van der Waals surface area (Å²) in [5.74, 6) is -0.931. The zero-order valence-corrected chi connectivity index (χ0v) is 41.5. The predicted molar refractivity (Wildman–Crippen MR) is 274 cm³/mol. The average Bonchev–Trinajstić information content (AvgIpc) is 3.29. The molecule has 6 heteroatoms. The van der Waals surface area contributed by atoms with Gasteiger partial charge in [-0.2, -0.15) is 0 Å². The fraction of sp³-hybridized carbons (Fsp3) is 0.672. The highest BCUT2D eigenvalue weighted by molar-refractivity contribution is 5.71. The molecule has 0 aromatic rings. The third-order valence-corrected chi connectivity index (χ3v) is 10.8. The molecule has 0 saturated heterocycles. The van der Waals surface area contributed by atoms with E-state index in [1.54, 1.807) is 0 Å². The van der Waals surface area contributed by atoms with E-state index in [0.717, 1.165) is 135 Å². The smallest absolute Gasteiger partial charge is 0.306 e. The molecule has 0 aliphatic heterocycles. The summed E-state index contributed by atoms with van der Waals surface area (Å²) in [5.41, 5.74) is 0. The first-order valence-corrected chi connectivity index (χ1v) is 26.2. The van der Waals surface area contributed by atoms with Gasteiger partial charge in [0.25, 0.3) is 0 Å². The van der Waals surface area contributed by atoms with Crippen LogP contribution in [0.1, 0.15) is 233 Å². The minimum absolute atomic E-state index is 0.0889. The summed E-state index contributed by atoms with van der Waals surface area (Å²) in [7, 11) is 0. The highest BCUT2D eigenvalue weighted by Gasteiger charge is 2.19. The molecule has 0 N–H and O–H groups in total. The minimum atomic E-state index is -0.788. The predicted octanol–water partition coefficient (Wildman–Crippen LogP) is 17.4. The molecule has 0 heterocycles. The molecule has 64 heavy (non-hydrogen) atoms. The number of hydrogen-bond donors (Lipinski definition) is 0. The van der Waals surface area contributed by atoms with Gasteiger partial charge in [-0.05, 0) is 103 Å². The number of rotatable bonds is 46. The molecular weight excluding hydrogens is 793 g/mol. The first-order valence-electron chi connectivity index (χ1n) is 26.2. The van der Waals surface area contributed by atoms with Gasteiger partial charge in [-0.1, -0.05) is 208 Å². The molecule has 0 aromatic heterocycles. The molecule has 1 atom stereocenters. The Morgan fingerprint density at radius 1 is 0.328 bits per heavy atom. The van der Waals surface area contributed by atoms with Crippen molar-refractivity contribution in [3.05, 3.63) is 97.2 Å². The van der Waals surface area contributed by atoms with E-state index in [1.807, 2.05) is 0 Å². The zero-order valence-electron chi connectivity index (χ0n) is 41.5. The van der Waals surface area contributed by atoms with Gasteiger partial charge in [0.2, 0.25) is 0 Å². The van der Waals surface area contributed by atoms with Gasteiger partial charge in [-0.3, -0.25) is 14.4 Å². The van der Waals surface area contributed by atoms with Gasteiger partial charge in [-0.25, -0.2) is 0 Å². The van der Waals surface area contributed by atoms with E-state index in [1.165, 1.54) is 57.8 Å². The summed E-state index contributed by atoms with van der Waals surface area (Å²) in [6, 6.07) is 0. The van der Waals surface area contributed by atoms with Crippen LogP contribution in [0.25, 0.3) is 0 Å². The van der Waals surface area contributed by atoms with E-state index in [-0.39, 0.29) is 31.1 Å². The Balaban J connectivity index is 4.24. The topological polar surface area (TPSA) is 78.9 Å². The summed E-state index contributed by atoms with van der Waals surface area (Å²) in [5, 5.41) is 0. The maximum absolute atomic E-state index is 12.7. The molecule has 0 spiro atoms. The molecule has 6 nitrogen and oxygen atoms in total. The summed E-state index contributed by atoms with van der Waals surface area (Å²) in [6.45, 7) is 6.40. The Morgan fingerprint density at radius 2 is 0.609 bits per heavy atom. The van der Waals surface area contributed by atoms with Crippen LogP contribution in [0.3, 0.4) is 0 Å². The molecule has 364 valence electrons. The molecule has 0 aliphatic rings. The third-order valence-electron chi connectivity index (χ3n) is 10.8. The van der Waals surface area contributed by atoms with Crippen molar-refractivity contribution in [2.45, 2.75) is 239 Å². The van der Waals surface area contributed by atoms with Crippen molar-refractivity contribution < 1.29 is 28.6 Å². The highest BCUT2D eigenvalue weighted by atomic mass is 16.6. The maximum atomic E-state index is 12.7. The highest BCUT2D eigenvalue weighted by Crippen LogP contribution is 2.13. The lowest BCUT2D eigenvalue weighted by Gasteiger charge is -2.18. The first kappa shape index (κ1) is 60.3. The summed E-state index contributed by atoms with van der Waals surface area (Å²) in [4.78, 5) is 37.7. The number of carbonyl (C=O) groups excluding carboxylic acids is 3. The summed E-state index contributed by atoms with van der Waals surface area (Å²) in [6.07, 6.45) is 68.4. The van der Waals surface area contributed by atoms with Gasteiger partial charge in [0.05, 0.1) is 0 Å². The van der Waals surface area contributed by atoms with Crippen molar-refractivity contribution in [3.8, 4) is 0 Å². The van der Waals surface area contributed by atoms with Gasteiger partial charge < -0.3 is 14.2 Å². The molecule has 0 aliphatic carbocycles. The fourth-order valence-electron chi connectivity index (χ4n) is 6.89. The Kier molecular flexibility index (Phi) is 49.0. The van der Waals surface area contributed by atoms with Crippen LogP contribution in [-0.4, -0.2) is 37.2 Å². The normalized spacial score (nSPS) is 12.9. The number of unbranched alkanes of at least 4 members (excludes halogenated alkanes) is 19. The van der Waals surface area contributed by atoms with E-state index in [9.17, 15) is 14.4 Å². The monoisotopic (exact) mass is 889 g/mol. The molecule has 0 aromatic carbocycles. The van der Waals surface area contributed by atoms with Gasteiger partial charge in [0.1, 0.15) is 13.2 Å². The largest absolute Gasteiger partial charge is 0.462 e. The minimum Gasteiger partial charge on any atom is -0.462 e. The Morgan fingerprint density at radius 3 is 0.984 bits per heavy atom. The molecule has 0 saturated carbocycles. The Hall–Kier alpha value is -3.67. The Labute approximate surface area is 394 Å². The standard InChI is InChI=1S/C58H96O6/c1-4-7-10-13-16-18-20-22-24-25-26-27-28-29-30-31-32-33-35-36-38-40-42-45-48-51-57(60)63-54-55(53-62-56(59)50-47-44-15-12-9-6-3)64-58(61)52-49-46-43-41-39-37-34-23-21-19-17-14-11-8-5-2/h7,10,16-19,22-24,26-27,29-30,32-34,55H,4-6,8-9,11-15,20-21,25,28,31,35-54H2,1-3H3/b10-7-,18-16-,19-17-,24-22-,27-26-,30-29-,33-32-,34-23-. The van der Waals surface area contributed by atoms with Gasteiger partial charge in [-0.15, -0.1) is 0 Å². The number of ether oxygens (including phenoxy) is 3. The van der Waals surface area contributed by atoms with Crippen molar-refractivity contribution in [3.63, 3.8) is 0 Å². The SMILES string of the molecule is CC/C=C\C/C=C\C/C=C\C/C=C\C/C=C\C/C=C\CCCCCCCCC(=O)OCC(COC(=O)CCCCCCCC)OC(=O)CCCCCCC/C=C\C/C=C\CCCCC. The lowest BCUT2D eigenvalue weighted by atomic mass is 10.1. The van der Waals surface area contributed by atoms with Gasteiger partial charge in [0, 0.05) is 19.3 Å². The average molecular weight is 889 g/mol. The van der Waals surface area contributed by atoms with Crippen molar-refractivity contribution in [1.82, 2.24) is 0 Å². The van der Waals surface area contributed by atoms with Crippen LogP contribution in [0, 0.1) is 0 Å². The molecule has 0 amide bonds. The molecule has 0 bridgehead atoms. The van der Waals surface area contributed by atoms with Crippen molar-refractivity contribution in [2.75, 3.05) is 13.2 Å². The van der Waals surface area contributed by atoms with Crippen LogP contribution >= 0.6 is 0 Å². The fourth-order valence-corrected chi connectivity index (χ4v) is 6.89. The van der Waals surface area contributed by atoms with Gasteiger partial charge >= 0.3 is 17.9 Å². The number of allylic oxidation sites excluding steroid dienone is 16. The number of carbonyl (C=O) groups is 3. The Bertz CT molecular complexity index is 1300. The van der Waals surface area contributed by atoms with Gasteiger partial charge in [0.15, 0.2) is 6.10 Å². The lowest BCUT2D eigenvalue weighted by Crippen LogP contribution is -2.30. The van der Waals surface area contributed by atoms with Crippen LogP contribution < -0.4 is 0 Å². The lowest BCUT2D eigenvalue weighted by molar-refractivity contribution is -0.167. The quantitative estimate of drug-likeness (QED) is 0.0262. The van der Waals surface area contributed by atoms with Crippen molar-refractivity contribution in [1.29, 1.82) is 0 Å². The van der Waals surface area contributed by atoms with Crippen LogP contribution in [0.15, 0.2) is 97.2 Å². The van der Waals surface area contributed by atoms with E-state index in [0.29, 0.717) is 19.3 Å². The second kappa shape index (κ2) is 52.0. The molecule has 0 fully saturated rings. The summed E-state index contributed by atoms with van der Waals surface area (Å²) < 4.78 is 16.7. The second-order valence-electron chi connectivity index (χ2n) is 17.1. The van der Waals surface area contributed by atoms with Crippen LogP contribution in [-0.2, 0) is 28.6 Å². The van der Waals surface area contributed by atoms with E-state index in [4.69, 9.17) is 14.2 Å². The summed E-state index contributed by atoms with van der Waals surface area (Å²) >= 11 is 0. The van der Waals surface area contributed by atoms with Crippen LogP contribution in [0.5, 0.6) is 0 Å². The molecular formula is C58H96O6. The molecule has 0 radical (unpaired) electrons. The first-order chi connectivity index (χ1) is 31.5. The van der Waals surface area contributed by atoms with E-state index in [2.05, 4.69) is 118 Å². The maximum Gasteiger partial charge on any atom is 0.306 e.